The highest BCUT2D eigenvalue weighted by Gasteiger charge is 2.14. The maximum Gasteiger partial charge on any atom is 0.165 e. The maximum atomic E-state index is 5.48. The van der Waals surface area contributed by atoms with Crippen molar-refractivity contribution in [2.75, 3.05) is 34.0 Å². The smallest absolute Gasteiger partial charge is 0.165 e. The van der Waals surface area contributed by atoms with Crippen molar-refractivity contribution < 1.29 is 14.2 Å². The van der Waals surface area contributed by atoms with Crippen LogP contribution >= 0.6 is 0 Å². The predicted molar refractivity (Wildman–Crippen MR) is 74.8 cm³/mol. The van der Waals surface area contributed by atoms with E-state index in [1.165, 1.54) is 12.8 Å². The molecule has 1 N–H and O–H groups in total. The van der Waals surface area contributed by atoms with Crippen molar-refractivity contribution >= 4 is 0 Å². The molecule has 1 saturated heterocycles. The fourth-order valence-corrected chi connectivity index (χ4v) is 2.47. The lowest BCUT2D eigenvalue weighted by Gasteiger charge is -2.22. The zero-order valence-corrected chi connectivity index (χ0v) is 11.8. The van der Waals surface area contributed by atoms with Gasteiger partial charge in [0.15, 0.2) is 11.5 Å². The Balaban J connectivity index is 1.88. The third-order valence-electron chi connectivity index (χ3n) is 3.49. The Labute approximate surface area is 115 Å². The van der Waals surface area contributed by atoms with Crippen LogP contribution in [0.5, 0.6) is 11.5 Å². The van der Waals surface area contributed by atoms with Gasteiger partial charge in [0.05, 0.1) is 20.8 Å². The molecule has 0 saturated carbocycles. The van der Waals surface area contributed by atoms with Gasteiger partial charge in [-0.1, -0.05) is 12.1 Å². The summed E-state index contributed by atoms with van der Waals surface area (Å²) in [5.41, 5.74) is 1.12. The molecule has 0 aliphatic carbocycles. The Morgan fingerprint density at radius 2 is 2.21 bits per heavy atom. The average molecular weight is 265 g/mol. The summed E-state index contributed by atoms with van der Waals surface area (Å²) < 4.78 is 16.2. The van der Waals surface area contributed by atoms with Crippen molar-refractivity contribution in [3.63, 3.8) is 0 Å². The predicted octanol–water partition coefficient (Wildman–Crippen LogP) is 2.22. The van der Waals surface area contributed by atoms with Crippen molar-refractivity contribution in [2.24, 2.45) is 5.92 Å². The molecule has 0 amide bonds. The number of para-hydroxylation sites is 1. The third kappa shape index (κ3) is 3.85. The van der Waals surface area contributed by atoms with Crippen LogP contribution in [0.3, 0.4) is 0 Å². The second kappa shape index (κ2) is 7.36. The second-order valence-corrected chi connectivity index (χ2v) is 4.87. The Bertz CT molecular complexity index is 389. The third-order valence-corrected chi connectivity index (χ3v) is 3.49. The van der Waals surface area contributed by atoms with Crippen LogP contribution in [0.2, 0.25) is 0 Å². The van der Waals surface area contributed by atoms with Gasteiger partial charge in [-0.15, -0.1) is 0 Å². The monoisotopic (exact) mass is 265 g/mol. The Hall–Kier alpha value is -1.26. The molecule has 1 atom stereocenters. The Morgan fingerprint density at radius 1 is 1.32 bits per heavy atom. The Morgan fingerprint density at radius 3 is 2.89 bits per heavy atom. The molecular formula is C15H23NO3. The number of nitrogens with one attached hydrogen (secondary N) is 1. The van der Waals surface area contributed by atoms with Crippen molar-refractivity contribution in [2.45, 2.75) is 19.4 Å². The van der Waals surface area contributed by atoms with Crippen molar-refractivity contribution in [1.82, 2.24) is 5.32 Å². The summed E-state index contributed by atoms with van der Waals surface area (Å²) in [5.74, 6) is 2.23. The first kappa shape index (κ1) is 14.2. The van der Waals surface area contributed by atoms with Gasteiger partial charge in [-0.2, -0.15) is 0 Å². The second-order valence-electron chi connectivity index (χ2n) is 4.87. The van der Waals surface area contributed by atoms with E-state index in [1.54, 1.807) is 14.2 Å². The van der Waals surface area contributed by atoms with E-state index < -0.39 is 0 Å². The largest absolute Gasteiger partial charge is 0.493 e. The van der Waals surface area contributed by atoms with Crippen LogP contribution < -0.4 is 14.8 Å². The van der Waals surface area contributed by atoms with Gasteiger partial charge < -0.3 is 19.5 Å². The molecule has 1 aromatic carbocycles. The molecule has 1 heterocycles. The molecule has 19 heavy (non-hydrogen) atoms. The van der Waals surface area contributed by atoms with Gasteiger partial charge >= 0.3 is 0 Å². The molecule has 0 aromatic heterocycles. The molecule has 0 spiro atoms. The Kier molecular flexibility index (Phi) is 5.48. The molecule has 0 radical (unpaired) electrons. The first-order chi connectivity index (χ1) is 9.35. The van der Waals surface area contributed by atoms with E-state index in [2.05, 4.69) is 11.4 Å². The van der Waals surface area contributed by atoms with E-state index in [-0.39, 0.29) is 0 Å². The van der Waals surface area contributed by atoms with Crippen LogP contribution in [0.15, 0.2) is 18.2 Å². The summed E-state index contributed by atoms with van der Waals surface area (Å²) >= 11 is 0. The summed E-state index contributed by atoms with van der Waals surface area (Å²) in [6.45, 7) is 3.57. The minimum atomic E-state index is 0.630. The summed E-state index contributed by atoms with van der Waals surface area (Å²) in [4.78, 5) is 0. The van der Waals surface area contributed by atoms with Crippen LogP contribution in [0.1, 0.15) is 18.4 Å². The van der Waals surface area contributed by atoms with E-state index in [9.17, 15) is 0 Å². The molecule has 106 valence electrons. The van der Waals surface area contributed by atoms with E-state index in [0.717, 1.165) is 43.4 Å². The highest BCUT2D eigenvalue weighted by molar-refractivity contribution is 5.46. The van der Waals surface area contributed by atoms with Gasteiger partial charge in [-0.3, -0.25) is 0 Å². The maximum absolute atomic E-state index is 5.48. The van der Waals surface area contributed by atoms with Crippen LogP contribution in [0, 0.1) is 5.92 Å². The fraction of sp³-hybridized carbons (Fsp3) is 0.600. The molecule has 0 bridgehead atoms. The van der Waals surface area contributed by atoms with E-state index in [4.69, 9.17) is 14.2 Å². The number of hydrogen-bond donors (Lipinski definition) is 1. The normalized spacial score (nSPS) is 19.2. The number of benzene rings is 1. The zero-order valence-electron chi connectivity index (χ0n) is 11.8. The average Bonchev–Trinajstić information content (AvgIpc) is 2.48. The van der Waals surface area contributed by atoms with Crippen molar-refractivity contribution in [3.05, 3.63) is 23.8 Å². The molecule has 2 rings (SSSR count). The zero-order chi connectivity index (χ0) is 13.5. The van der Waals surface area contributed by atoms with Gasteiger partial charge in [-0.25, -0.2) is 0 Å². The summed E-state index contributed by atoms with van der Waals surface area (Å²) in [6.07, 6.45) is 2.43. The molecule has 1 aromatic rings. The molecule has 4 heteroatoms. The lowest BCUT2D eigenvalue weighted by atomic mass is 10.0. The minimum Gasteiger partial charge on any atom is -0.493 e. The number of hydrogen-bond acceptors (Lipinski definition) is 4. The lowest BCUT2D eigenvalue weighted by molar-refractivity contribution is 0.0547. The fourth-order valence-electron chi connectivity index (χ4n) is 2.47. The first-order valence-electron chi connectivity index (χ1n) is 6.83. The highest BCUT2D eigenvalue weighted by atomic mass is 16.5. The lowest BCUT2D eigenvalue weighted by Crippen LogP contribution is -2.29. The quantitative estimate of drug-likeness (QED) is 0.856. The SMILES string of the molecule is COc1cccc(CNCC2CCCOC2)c1OC. The molecule has 1 fully saturated rings. The number of methoxy groups -OCH3 is 2. The standard InChI is InChI=1S/C15H23NO3/c1-17-14-7-3-6-13(15(14)18-2)10-16-9-12-5-4-8-19-11-12/h3,6-7,12,16H,4-5,8-11H2,1-2H3. The van der Waals surface area contributed by atoms with Crippen LogP contribution in [-0.4, -0.2) is 34.0 Å². The molecule has 4 nitrogen and oxygen atoms in total. The summed E-state index contributed by atoms with van der Waals surface area (Å²) in [7, 11) is 3.34. The topological polar surface area (TPSA) is 39.7 Å². The van der Waals surface area contributed by atoms with Gasteiger partial charge in [0.1, 0.15) is 0 Å². The van der Waals surface area contributed by atoms with E-state index >= 15 is 0 Å². The summed E-state index contributed by atoms with van der Waals surface area (Å²) in [5, 5.41) is 3.48. The summed E-state index contributed by atoms with van der Waals surface area (Å²) in [6, 6.07) is 5.96. The molecule has 1 aliphatic heterocycles. The van der Waals surface area contributed by atoms with Crippen LogP contribution in [-0.2, 0) is 11.3 Å². The van der Waals surface area contributed by atoms with Crippen LogP contribution in [0.25, 0.3) is 0 Å². The highest BCUT2D eigenvalue weighted by Crippen LogP contribution is 2.30. The van der Waals surface area contributed by atoms with Crippen LogP contribution in [0.4, 0.5) is 0 Å². The van der Waals surface area contributed by atoms with Crippen molar-refractivity contribution in [3.8, 4) is 11.5 Å². The number of rotatable bonds is 6. The van der Waals surface area contributed by atoms with E-state index in [1.807, 2.05) is 12.1 Å². The van der Waals surface area contributed by atoms with Gasteiger partial charge in [-0.05, 0) is 24.8 Å². The van der Waals surface area contributed by atoms with Gasteiger partial charge in [0, 0.05) is 25.3 Å². The molecular weight excluding hydrogens is 242 g/mol. The van der Waals surface area contributed by atoms with Gasteiger partial charge in [0.2, 0.25) is 0 Å². The van der Waals surface area contributed by atoms with Gasteiger partial charge in [0.25, 0.3) is 0 Å². The first-order valence-corrected chi connectivity index (χ1v) is 6.83. The number of ether oxygens (including phenoxy) is 3. The van der Waals surface area contributed by atoms with Crippen molar-refractivity contribution in [1.29, 1.82) is 0 Å². The van der Waals surface area contributed by atoms with E-state index in [0.29, 0.717) is 5.92 Å². The minimum absolute atomic E-state index is 0.630. The molecule has 1 aliphatic rings. The molecule has 1 unspecified atom stereocenters.